The van der Waals surface area contributed by atoms with Crippen molar-refractivity contribution in [2.24, 2.45) is 5.92 Å². The maximum Gasteiger partial charge on any atom is 0.122 e. The highest BCUT2D eigenvalue weighted by Gasteiger charge is 2.22. The Labute approximate surface area is 174 Å². The first-order valence-corrected chi connectivity index (χ1v) is 11.0. The molecule has 1 fully saturated rings. The number of benzene rings is 2. The van der Waals surface area contributed by atoms with Gasteiger partial charge in [-0.3, -0.25) is 0 Å². The van der Waals surface area contributed by atoms with Crippen molar-refractivity contribution in [1.29, 1.82) is 0 Å². The van der Waals surface area contributed by atoms with Gasteiger partial charge in [-0.1, -0.05) is 37.3 Å². The summed E-state index contributed by atoms with van der Waals surface area (Å²) in [5, 5.41) is 1.34. The maximum atomic E-state index is 5.48. The molecule has 1 heterocycles. The zero-order chi connectivity index (χ0) is 20.2. The standard InChI is InChI=1S/C26H33NO2/c1-18-9-10-25-22(11-18)16-26(27-25)21-8-6-4-5-7-19(13-21)12-20-14-23(28-2)17-24(15-20)29-3/h9-11,14-17,19,21,27H,4-8,12-13H2,1-3H3. The van der Waals surface area contributed by atoms with E-state index in [1.807, 2.05) is 6.07 Å². The fourth-order valence-electron chi connectivity index (χ4n) is 4.92. The molecule has 0 amide bonds. The van der Waals surface area contributed by atoms with Gasteiger partial charge < -0.3 is 14.5 Å². The lowest BCUT2D eigenvalue weighted by molar-refractivity contribution is 0.341. The quantitative estimate of drug-likeness (QED) is 0.519. The lowest BCUT2D eigenvalue weighted by Crippen LogP contribution is -2.14. The van der Waals surface area contributed by atoms with Crippen LogP contribution in [0.1, 0.15) is 61.3 Å². The number of H-pyrrole nitrogens is 1. The van der Waals surface area contributed by atoms with Crippen molar-refractivity contribution in [2.75, 3.05) is 14.2 Å². The number of hydrogen-bond donors (Lipinski definition) is 1. The number of methoxy groups -OCH3 is 2. The first kappa shape index (κ1) is 19.9. The number of fused-ring (bicyclic) bond motifs is 1. The van der Waals surface area contributed by atoms with Crippen molar-refractivity contribution in [1.82, 2.24) is 4.98 Å². The van der Waals surface area contributed by atoms with E-state index in [9.17, 15) is 0 Å². The molecule has 0 spiro atoms. The molecule has 3 nitrogen and oxygen atoms in total. The van der Waals surface area contributed by atoms with E-state index in [0.29, 0.717) is 11.8 Å². The topological polar surface area (TPSA) is 34.2 Å². The Morgan fingerprint density at radius 3 is 2.41 bits per heavy atom. The Kier molecular flexibility index (Phi) is 6.13. The van der Waals surface area contributed by atoms with Crippen LogP contribution in [0.3, 0.4) is 0 Å². The van der Waals surface area contributed by atoms with Crippen LogP contribution in [-0.2, 0) is 6.42 Å². The second-order valence-electron chi connectivity index (χ2n) is 8.68. The van der Waals surface area contributed by atoms with Crippen LogP contribution in [0.5, 0.6) is 11.5 Å². The molecule has 29 heavy (non-hydrogen) atoms. The molecule has 1 aliphatic rings. The number of nitrogens with one attached hydrogen (secondary N) is 1. The molecule has 3 aromatic rings. The van der Waals surface area contributed by atoms with E-state index in [2.05, 4.69) is 48.3 Å². The molecular weight excluding hydrogens is 358 g/mol. The molecule has 3 heteroatoms. The van der Waals surface area contributed by atoms with Gasteiger partial charge in [-0.15, -0.1) is 0 Å². The highest BCUT2D eigenvalue weighted by molar-refractivity contribution is 5.81. The van der Waals surface area contributed by atoms with Gasteiger partial charge in [0.2, 0.25) is 0 Å². The molecule has 0 radical (unpaired) electrons. The van der Waals surface area contributed by atoms with Crippen LogP contribution in [0, 0.1) is 12.8 Å². The Balaban J connectivity index is 1.55. The molecule has 0 bridgehead atoms. The summed E-state index contributed by atoms with van der Waals surface area (Å²) in [5.41, 5.74) is 5.32. The molecule has 2 unspecified atom stereocenters. The fourth-order valence-corrected chi connectivity index (χ4v) is 4.92. The summed E-state index contributed by atoms with van der Waals surface area (Å²) in [7, 11) is 3.45. The molecule has 2 aromatic carbocycles. The van der Waals surface area contributed by atoms with E-state index in [1.165, 1.54) is 66.2 Å². The second kappa shape index (κ2) is 8.94. The van der Waals surface area contributed by atoms with Crippen LogP contribution in [0.25, 0.3) is 10.9 Å². The lowest BCUT2D eigenvalue weighted by atomic mass is 9.80. The number of aromatic amines is 1. The third-order valence-corrected chi connectivity index (χ3v) is 6.46. The highest BCUT2D eigenvalue weighted by atomic mass is 16.5. The molecule has 1 aliphatic carbocycles. The predicted octanol–water partition coefficient (Wildman–Crippen LogP) is 6.79. The Hall–Kier alpha value is -2.42. The van der Waals surface area contributed by atoms with Crippen LogP contribution in [0.4, 0.5) is 0 Å². The van der Waals surface area contributed by atoms with Crippen LogP contribution in [0.15, 0.2) is 42.5 Å². The highest BCUT2D eigenvalue weighted by Crippen LogP contribution is 2.37. The normalized spacial score (nSPS) is 20.2. The van der Waals surface area contributed by atoms with Crippen molar-refractivity contribution in [3.05, 3.63) is 59.3 Å². The number of aromatic nitrogens is 1. The van der Waals surface area contributed by atoms with Crippen molar-refractivity contribution in [3.63, 3.8) is 0 Å². The molecule has 154 valence electrons. The Morgan fingerprint density at radius 2 is 1.66 bits per heavy atom. The van der Waals surface area contributed by atoms with Crippen LogP contribution in [0.2, 0.25) is 0 Å². The van der Waals surface area contributed by atoms with Gasteiger partial charge >= 0.3 is 0 Å². The first-order chi connectivity index (χ1) is 14.1. The number of aryl methyl sites for hydroxylation is 1. The van der Waals surface area contributed by atoms with Crippen LogP contribution >= 0.6 is 0 Å². The summed E-state index contributed by atoms with van der Waals surface area (Å²) in [6.45, 7) is 2.17. The van der Waals surface area contributed by atoms with Crippen LogP contribution in [-0.4, -0.2) is 19.2 Å². The summed E-state index contributed by atoms with van der Waals surface area (Å²) in [6.07, 6.45) is 8.92. The molecule has 1 aromatic heterocycles. The summed E-state index contributed by atoms with van der Waals surface area (Å²) in [5.74, 6) is 3.06. The summed E-state index contributed by atoms with van der Waals surface area (Å²) in [4.78, 5) is 3.72. The van der Waals surface area contributed by atoms with E-state index in [4.69, 9.17) is 9.47 Å². The molecule has 4 rings (SSSR count). The molecule has 0 saturated heterocycles. The average molecular weight is 392 g/mol. The number of ether oxygens (including phenoxy) is 2. The van der Waals surface area contributed by atoms with Crippen molar-refractivity contribution < 1.29 is 9.47 Å². The lowest BCUT2D eigenvalue weighted by Gasteiger charge is -2.26. The van der Waals surface area contributed by atoms with Crippen molar-refractivity contribution in [2.45, 2.75) is 57.8 Å². The first-order valence-electron chi connectivity index (χ1n) is 11.0. The maximum absolute atomic E-state index is 5.48. The van der Waals surface area contributed by atoms with E-state index < -0.39 is 0 Å². The number of rotatable bonds is 5. The van der Waals surface area contributed by atoms with E-state index in [1.54, 1.807) is 14.2 Å². The van der Waals surface area contributed by atoms with Gasteiger partial charge in [0.1, 0.15) is 11.5 Å². The van der Waals surface area contributed by atoms with Gasteiger partial charge in [0.05, 0.1) is 14.2 Å². The predicted molar refractivity (Wildman–Crippen MR) is 120 cm³/mol. The Bertz CT molecular complexity index is 936. The van der Waals surface area contributed by atoms with Gasteiger partial charge in [-0.25, -0.2) is 0 Å². The van der Waals surface area contributed by atoms with Gasteiger partial charge in [0.15, 0.2) is 0 Å². The van der Waals surface area contributed by atoms with Gasteiger partial charge in [0, 0.05) is 17.3 Å². The molecular formula is C26H33NO2. The third-order valence-electron chi connectivity index (χ3n) is 6.46. The van der Waals surface area contributed by atoms with E-state index in [0.717, 1.165) is 17.9 Å². The summed E-state index contributed by atoms with van der Waals surface area (Å²) in [6, 6.07) is 15.4. The largest absolute Gasteiger partial charge is 0.497 e. The second-order valence-corrected chi connectivity index (χ2v) is 8.68. The molecule has 1 N–H and O–H groups in total. The van der Waals surface area contributed by atoms with Gasteiger partial charge in [-0.2, -0.15) is 0 Å². The van der Waals surface area contributed by atoms with Gasteiger partial charge in [0.25, 0.3) is 0 Å². The van der Waals surface area contributed by atoms with Crippen molar-refractivity contribution >= 4 is 10.9 Å². The minimum absolute atomic E-state index is 0.612. The van der Waals surface area contributed by atoms with E-state index in [-0.39, 0.29) is 0 Å². The number of hydrogen-bond acceptors (Lipinski definition) is 2. The monoisotopic (exact) mass is 391 g/mol. The van der Waals surface area contributed by atoms with Gasteiger partial charge in [-0.05, 0) is 79.3 Å². The fraction of sp³-hybridized carbons (Fsp3) is 0.462. The smallest absolute Gasteiger partial charge is 0.122 e. The minimum Gasteiger partial charge on any atom is -0.497 e. The minimum atomic E-state index is 0.612. The SMILES string of the molecule is COc1cc(CC2CCCCCC(c3cc4cc(C)ccc4[nH]3)C2)cc(OC)c1. The molecule has 0 aliphatic heterocycles. The molecule has 1 saturated carbocycles. The average Bonchev–Trinajstić information content (AvgIpc) is 3.12. The van der Waals surface area contributed by atoms with Crippen molar-refractivity contribution in [3.8, 4) is 11.5 Å². The molecule has 2 atom stereocenters. The Morgan fingerprint density at radius 1 is 0.897 bits per heavy atom. The van der Waals surface area contributed by atoms with Crippen LogP contribution < -0.4 is 9.47 Å². The zero-order valence-corrected chi connectivity index (χ0v) is 18.0. The summed E-state index contributed by atoms with van der Waals surface area (Å²) >= 11 is 0. The van der Waals surface area contributed by atoms with E-state index >= 15 is 0 Å². The summed E-state index contributed by atoms with van der Waals surface area (Å²) < 4.78 is 11.0. The third kappa shape index (κ3) is 4.77. The zero-order valence-electron chi connectivity index (χ0n) is 18.0.